The van der Waals surface area contributed by atoms with Gasteiger partial charge in [-0.1, -0.05) is 38.0 Å². The number of anilines is 1. The minimum absolute atomic E-state index is 0.197. The fourth-order valence-corrected chi connectivity index (χ4v) is 1.87. The highest BCUT2D eigenvalue weighted by Crippen LogP contribution is 2.22. The highest BCUT2D eigenvalue weighted by Gasteiger charge is 2.12. The first-order chi connectivity index (χ1) is 8.90. The van der Waals surface area contributed by atoms with Crippen LogP contribution in [-0.2, 0) is 0 Å². The van der Waals surface area contributed by atoms with Crippen molar-refractivity contribution in [3.8, 4) is 0 Å². The first-order valence-corrected chi connectivity index (χ1v) is 6.36. The molecule has 1 atom stereocenters. The molecule has 0 spiro atoms. The Morgan fingerprint density at radius 1 is 1.17 bits per heavy atom. The van der Waals surface area contributed by atoms with Gasteiger partial charge in [0.15, 0.2) is 0 Å². The Labute approximate surface area is 107 Å². The van der Waals surface area contributed by atoms with Crippen molar-refractivity contribution in [1.82, 2.24) is 15.4 Å². The number of nitrogens with one attached hydrogen (secondary N) is 1. The number of hydrogen-bond acceptors (Lipinski definition) is 4. The van der Waals surface area contributed by atoms with E-state index in [0.29, 0.717) is 0 Å². The van der Waals surface area contributed by atoms with E-state index < -0.39 is 0 Å². The SMILES string of the molecule is CCCCC(Nc1ccccc1)c1ccnnn1. The summed E-state index contributed by atoms with van der Waals surface area (Å²) >= 11 is 0. The van der Waals surface area contributed by atoms with E-state index in [2.05, 4.69) is 39.8 Å². The molecule has 1 aromatic carbocycles. The first-order valence-electron chi connectivity index (χ1n) is 6.36. The summed E-state index contributed by atoms with van der Waals surface area (Å²) in [5, 5.41) is 15.0. The Morgan fingerprint density at radius 2 is 2.00 bits per heavy atom. The van der Waals surface area contributed by atoms with Crippen molar-refractivity contribution in [3.05, 3.63) is 48.3 Å². The number of hydrogen-bond donors (Lipinski definition) is 1. The maximum absolute atomic E-state index is 4.10. The summed E-state index contributed by atoms with van der Waals surface area (Å²) in [4.78, 5) is 0. The Balaban J connectivity index is 2.10. The summed E-state index contributed by atoms with van der Waals surface area (Å²) in [6.07, 6.45) is 5.07. The van der Waals surface area contributed by atoms with Gasteiger partial charge in [0.25, 0.3) is 0 Å². The van der Waals surface area contributed by atoms with Crippen LogP contribution in [0.3, 0.4) is 0 Å². The van der Waals surface area contributed by atoms with Gasteiger partial charge in [0.05, 0.1) is 17.9 Å². The zero-order valence-corrected chi connectivity index (χ0v) is 10.6. The third kappa shape index (κ3) is 3.52. The predicted molar refractivity (Wildman–Crippen MR) is 72.2 cm³/mol. The van der Waals surface area contributed by atoms with Gasteiger partial charge < -0.3 is 5.32 Å². The van der Waals surface area contributed by atoms with Gasteiger partial charge >= 0.3 is 0 Å². The standard InChI is InChI=1S/C14H18N4/c1-2-3-9-13(14-10-11-15-18-17-14)16-12-7-5-4-6-8-12/h4-8,10-11,13,16H,2-3,9H2,1H3. The van der Waals surface area contributed by atoms with Crippen molar-refractivity contribution in [2.45, 2.75) is 32.2 Å². The van der Waals surface area contributed by atoms with Gasteiger partial charge in [0.2, 0.25) is 0 Å². The molecule has 2 aromatic rings. The lowest BCUT2D eigenvalue weighted by Crippen LogP contribution is -2.13. The van der Waals surface area contributed by atoms with Crippen molar-refractivity contribution in [1.29, 1.82) is 0 Å². The number of para-hydroxylation sites is 1. The lowest BCUT2D eigenvalue weighted by molar-refractivity contribution is 0.607. The molecule has 0 saturated carbocycles. The van der Waals surface area contributed by atoms with E-state index in [1.54, 1.807) is 6.20 Å². The number of nitrogens with zero attached hydrogens (tertiary/aromatic N) is 3. The van der Waals surface area contributed by atoms with Crippen LogP contribution in [0.4, 0.5) is 5.69 Å². The molecule has 0 radical (unpaired) electrons. The highest BCUT2D eigenvalue weighted by molar-refractivity contribution is 5.44. The third-order valence-corrected chi connectivity index (χ3v) is 2.84. The maximum atomic E-state index is 4.10. The maximum Gasteiger partial charge on any atom is 0.0887 e. The fraction of sp³-hybridized carbons (Fsp3) is 0.357. The summed E-state index contributed by atoms with van der Waals surface area (Å²) in [5.74, 6) is 0. The summed E-state index contributed by atoms with van der Waals surface area (Å²) in [6, 6.07) is 12.3. The average Bonchev–Trinajstić information content (AvgIpc) is 2.45. The van der Waals surface area contributed by atoms with Crippen molar-refractivity contribution in [2.75, 3.05) is 5.32 Å². The molecule has 1 aromatic heterocycles. The van der Waals surface area contributed by atoms with Gasteiger partial charge in [-0.25, -0.2) is 0 Å². The topological polar surface area (TPSA) is 50.7 Å². The molecular formula is C14H18N4. The second-order valence-electron chi connectivity index (χ2n) is 4.25. The Kier molecular flexibility index (Phi) is 4.64. The molecule has 4 heteroatoms. The Bertz CT molecular complexity index is 444. The van der Waals surface area contributed by atoms with Crippen LogP contribution in [-0.4, -0.2) is 15.4 Å². The van der Waals surface area contributed by atoms with E-state index in [0.717, 1.165) is 24.2 Å². The van der Waals surface area contributed by atoms with Crippen molar-refractivity contribution >= 4 is 5.69 Å². The van der Waals surface area contributed by atoms with Gasteiger partial charge in [-0.05, 0) is 29.8 Å². The molecule has 0 saturated heterocycles. The largest absolute Gasteiger partial charge is 0.377 e. The fourth-order valence-electron chi connectivity index (χ4n) is 1.87. The Morgan fingerprint density at radius 3 is 2.67 bits per heavy atom. The van der Waals surface area contributed by atoms with Crippen LogP contribution in [0.1, 0.15) is 37.9 Å². The molecule has 0 aliphatic heterocycles. The van der Waals surface area contributed by atoms with Crippen molar-refractivity contribution in [3.63, 3.8) is 0 Å². The van der Waals surface area contributed by atoms with Crippen LogP contribution in [0.5, 0.6) is 0 Å². The second kappa shape index (κ2) is 6.69. The van der Waals surface area contributed by atoms with Gasteiger partial charge in [0.1, 0.15) is 0 Å². The normalized spacial score (nSPS) is 12.1. The highest BCUT2D eigenvalue weighted by atomic mass is 15.3. The zero-order valence-electron chi connectivity index (χ0n) is 10.6. The average molecular weight is 242 g/mol. The van der Waals surface area contributed by atoms with Crippen LogP contribution < -0.4 is 5.32 Å². The summed E-state index contributed by atoms with van der Waals surface area (Å²) in [5.41, 5.74) is 2.06. The van der Waals surface area contributed by atoms with E-state index in [1.165, 1.54) is 6.42 Å². The van der Waals surface area contributed by atoms with E-state index in [-0.39, 0.29) is 6.04 Å². The van der Waals surface area contributed by atoms with Gasteiger partial charge in [-0.15, -0.1) is 10.2 Å². The molecule has 1 N–H and O–H groups in total. The molecule has 1 unspecified atom stereocenters. The first kappa shape index (κ1) is 12.5. The smallest absolute Gasteiger partial charge is 0.0887 e. The molecule has 2 rings (SSSR count). The van der Waals surface area contributed by atoms with Gasteiger partial charge in [-0.3, -0.25) is 0 Å². The zero-order chi connectivity index (χ0) is 12.6. The molecule has 0 aliphatic carbocycles. The molecule has 18 heavy (non-hydrogen) atoms. The quantitative estimate of drug-likeness (QED) is 0.845. The minimum atomic E-state index is 0.197. The second-order valence-corrected chi connectivity index (χ2v) is 4.25. The Hall–Kier alpha value is -1.97. The van der Waals surface area contributed by atoms with Crippen molar-refractivity contribution < 1.29 is 0 Å². The molecule has 0 amide bonds. The van der Waals surface area contributed by atoms with Crippen LogP contribution in [0.2, 0.25) is 0 Å². The van der Waals surface area contributed by atoms with E-state index >= 15 is 0 Å². The molecule has 1 heterocycles. The van der Waals surface area contributed by atoms with E-state index in [1.807, 2.05) is 24.3 Å². The number of benzene rings is 1. The lowest BCUT2D eigenvalue weighted by atomic mass is 10.1. The van der Waals surface area contributed by atoms with Crippen LogP contribution in [0, 0.1) is 0 Å². The summed E-state index contributed by atoms with van der Waals surface area (Å²) in [6.45, 7) is 2.19. The van der Waals surface area contributed by atoms with Gasteiger partial charge in [0, 0.05) is 5.69 Å². The van der Waals surface area contributed by atoms with Gasteiger partial charge in [-0.2, -0.15) is 0 Å². The number of aromatic nitrogens is 3. The monoisotopic (exact) mass is 242 g/mol. The molecule has 4 nitrogen and oxygen atoms in total. The molecule has 0 bridgehead atoms. The lowest BCUT2D eigenvalue weighted by Gasteiger charge is -2.18. The molecule has 94 valence electrons. The van der Waals surface area contributed by atoms with E-state index in [9.17, 15) is 0 Å². The number of rotatable bonds is 6. The summed E-state index contributed by atoms with van der Waals surface area (Å²) < 4.78 is 0. The minimum Gasteiger partial charge on any atom is -0.377 e. The third-order valence-electron chi connectivity index (χ3n) is 2.84. The van der Waals surface area contributed by atoms with Crippen LogP contribution in [0.25, 0.3) is 0 Å². The number of unbranched alkanes of at least 4 members (excludes halogenated alkanes) is 1. The van der Waals surface area contributed by atoms with E-state index in [4.69, 9.17) is 0 Å². The molecule has 0 fully saturated rings. The summed E-state index contributed by atoms with van der Waals surface area (Å²) in [7, 11) is 0. The predicted octanol–water partition coefficient (Wildman–Crippen LogP) is 3.22. The van der Waals surface area contributed by atoms with Crippen molar-refractivity contribution in [2.24, 2.45) is 0 Å². The van der Waals surface area contributed by atoms with Crippen LogP contribution >= 0.6 is 0 Å². The van der Waals surface area contributed by atoms with Crippen LogP contribution in [0.15, 0.2) is 42.6 Å². The molecular weight excluding hydrogens is 224 g/mol. The molecule has 0 aliphatic rings.